The van der Waals surface area contributed by atoms with Gasteiger partial charge in [-0.15, -0.1) is 0 Å². The number of rotatable bonds is 1. The van der Waals surface area contributed by atoms with Crippen molar-refractivity contribution >= 4 is 27.3 Å². The maximum atomic E-state index is 6.61. The Hall–Kier alpha value is -0.640. The highest BCUT2D eigenvalue weighted by atomic mass is 79.9. The van der Waals surface area contributed by atoms with Gasteiger partial charge in [0.2, 0.25) is 0 Å². The number of hydrogen-bond acceptors (Lipinski definition) is 2. The van der Waals surface area contributed by atoms with E-state index in [1.54, 1.807) is 11.3 Å². The Balaban J connectivity index is 2.19. The predicted octanol–water partition coefficient (Wildman–Crippen LogP) is 3.66. The van der Waals surface area contributed by atoms with Gasteiger partial charge in [0.25, 0.3) is 0 Å². The molecule has 1 aromatic carbocycles. The van der Waals surface area contributed by atoms with Crippen molar-refractivity contribution in [3.8, 4) is 0 Å². The molecule has 1 aliphatic carbocycles. The SMILES string of the molecule is NC1(c2cscc2Br)CCc2ccccc21. The highest BCUT2D eigenvalue weighted by molar-refractivity contribution is 9.10. The number of hydrogen-bond donors (Lipinski definition) is 1. The van der Waals surface area contributed by atoms with Crippen LogP contribution in [0.25, 0.3) is 0 Å². The molecule has 3 rings (SSSR count). The fourth-order valence-electron chi connectivity index (χ4n) is 2.52. The summed E-state index contributed by atoms with van der Waals surface area (Å²) in [5.74, 6) is 0. The topological polar surface area (TPSA) is 26.0 Å². The predicted molar refractivity (Wildman–Crippen MR) is 71.7 cm³/mol. The molecule has 1 nitrogen and oxygen atoms in total. The van der Waals surface area contributed by atoms with Gasteiger partial charge in [0, 0.05) is 15.4 Å². The third kappa shape index (κ3) is 1.39. The van der Waals surface area contributed by atoms with Gasteiger partial charge in [0.05, 0.1) is 5.54 Å². The van der Waals surface area contributed by atoms with Crippen molar-refractivity contribution in [1.82, 2.24) is 0 Å². The Morgan fingerprint density at radius 2 is 2.00 bits per heavy atom. The molecule has 16 heavy (non-hydrogen) atoms. The second kappa shape index (κ2) is 3.69. The van der Waals surface area contributed by atoms with E-state index >= 15 is 0 Å². The molecule has 0 saturated carbocycles. The summed E-state index contributed by atoms with van der Waals surface area (Å²) in [5.41, 5.74) is 10.2. The van der Waals surface area contributed by atoms with Gasteiger partial charge in [-0.1, -0.05) is 24.3 Å². The van der Waals surface area contributed by atoms with Crippen LogP contribution in [0.15, 0.2) is 39.5 Å². The molecule has 3 heteroatoms. The minimum atomic E-state index is -0.296. The molecule has 0 saturated heterocycles. The van der Waals surface area contributed by atoms with E-state index in [0.717, 1.165) is 17.3 Å². The first-order valence-electron chi connectivity index (χ1n) is 5.31. The summed E-state index contributed by atoms with van der Waals surface area (Å²) >= 11 is 5.29. The second-order valence-corrected chi connectivity index (χ2v) is 5.86. The van der Waals surface area contributed by atoms with Crippen LogP contribution in [0.1, 0.15) is 23.1 Å². The van der Waals surface area contributed by atoms with Gasteiger partial charge in [-0.25, -0.2) is 0 Å². The van der Waals surface area contributed by atoms with Crippen molar-refractivity contribution in [2.45, 2.75) is 18.4 Å². The van der Waals surface area contributed by atoms with Crippen LogP contribution in [0.4, 0.5) is 0 Å². The smallest absolute Gasteiger partial charge is 0.0690 e. The Morgan fingerprint density at radius 3 is 2.75 bits per heavy atom. The summed E-state index contributed by atoms with van der Waals surface area (Å²) in [6.45, 7) is 0. The fourth-order valence-corrected chi connectivity index (χ4v) is 4.25. The maximum absolute atomic E-state index is 6.61. The largest absolute Gasteiger partial charge is 0.318 e. The van der Waals surface area contributed by atoms with E-state index in [-0.39, 0.29) is 5.54 Å². The van der Waals surface area contributed by atoms with Crippen LogP contribution in [0.5, 0.6) is 0 Å². The molecule has 1 heterocycles. The molecule has 82 valence electrons. The zero-order valence-corrected chi connectivity index (χ0v) is 11.1. The van der Waals surface area contributed by atoms with E-state index in [2.05, 4.69) is 51.0 Å². The van der Waals surface area contributed by atoms with Gasteiger partial charge in [-0.3, -0.25) is 0 Å². The normalized spacial score (nSPS) is 23.4. The van der Waals surface area contributed by atoms with Crippen LogP contribution < -0.4 is 5.73 Å². The average molecular weight is 294 g/mol. The molecule has 1 atom stereocenters. The number of nitrogens with two attached hydrogens (primary N) is 1. The van der Waals surface area contributed by atoms with Gasteiger partial charge in [-0.05, 0) is 45.3 Å². The molecule has 0 spiro atoms. The van der Waals surface area contributed by atoms with Gasteiger partial charge in [0.1, 0.15) is 0 Å². The second-order valence-electron chi connectivity index (χ2n) is 4.26. The van der Waals surface area contributed by atoms with Crippen molar-refractivity contribution in [3.05, 3.63) is 56.2 Å². The first-order valence-corrected chi connectivity index (χ1v) is 7.05. The first-order chi connectivity index (χ1) is 7.72. The lowest BCUT2D eigenvalue weighted by molar-refractivity contribution is 0.534. The molecule has 0 fully saturated rings. The Kier molecular flexibility index (Phi) is 2.42. The zero-order chi connectivity index (χ0) is 11.2. The number of benzene rings is 1. The van der Waals surface area contributed by atoms with Crippen LogP contribution >= 0.6 is 27.3 Å². The summed E-state index contributed by atoms with van der Waals surface area (Å²) in [5, 5.41) is 4.26. The molecule has 2 N–H and O–H groups in total. The van der Waals surface area contributed by atoms with Crippen molar-refractivity contribution < 1.29 is 0 Å². The molecule has 0 amide bonds. The van der Waals surface area contributed by atoms with Gasteiger partial charge < -0.3 is 5.73 Å². The van der Waals surface area contributed by atoms with Gasteiger partial charge in [-0.2, -0.15) is 11.3 Å². The molecular weight excluding hydrogens is 282 g/mol. The van der Waals surface area contributed by atoms with Crippen LogP contribution in [0.3, 0.4) is 0 Å². The lowest BCUT2D eigenvalue weighted by atomic mass is 9.87. The van der Waals surface area contributed by atoms with Crippen molar-refractivity contribution in [2.24, 2.45) is 5.73 Å². The van der Waals surface area contributed by atoms with Crippen LogP contribution in [0.2, 0.25) is 0 Å². The fraction of sp³-hybridized carbons (Fsp3) is 0.231. The van der Waals surface area contributed by atoms with E-state index in [0.29, 0.717) is 0 Å². The van der Waals surface area contributed by atoms with E-state index in [1.807, 2.05) is 0 Å². The summed E-state index contributed by atoms with van der Waals surface area (Å²) < 4.78 is 1.14. The number of aryl methyl sites for hydroxylation is 1. The third-order valence-electron chi connectivity index (χ3n) is 3.38. The zero-order valence-electron chi connectivity index (χ0n) is 8.74. The third-order valence-corrected chi connectivity index (χ3v) is 5.08. The minimum Gasteiger partial charge on any atom is -0.318 e. The molecule has 0 bridgehead atoms. The quantitative estimate of drug-likeness (QED) is 0.853. The molecule has 0 radical (unpaired) electrons. The van der Waals surface area contributed by atoms with Crippen LogP contribution in [-0.4, -0.2) is 0 Å². The molecule has 2 aromatic rings. The Bertz CT molecular complexity index is 534. The Labute approximate surface area is 107 Å². The van der Waals surface area contributed by atoms with Crippen molar-refractivity contribution in [2.75, 3.05) is 0 Å². The standard InChI is InChI=1S/C13H12BrNS/c14-12-8-16-7-11(12)13(15)6-5-9-3-1-2-4-10(9)13/h1-4,7-8H,5-6,15H2. The number of thiophene rings is 1. The van der Waals surface area contributed by atoms with Gasteiger partial charge in [0.15, 0.2) is 0 Å². The van der Waals surface area contributed by atoms with Crippen LogP contribution in [-0.2, 0) is 12.0 Å². The highest BCUT2D eigenvalue weighted by Gasteiger charge is 2.37. The number of fused-ring (bicyclic) bond motifs is 1. The number of halogens is 1. The maximum Gasteiger partial charge on any atom is 0.0690 e. The highest BCUT2D eigenvalue weighted by Crippen LogP contribution is 2.43. The minimum absolute atomic E-state index is 0.296. The lowest BCUT2D eigenvalue weighted by Gasteiger charge is -2.25. The summed E-state index contributed by atoms with van der Waals surface area (Å²) in [6.07, 6.45) is 2.08. The molecule has 1 aromatic heterocycles. The molecule has 1 unspecified atom stereocenters. The van der Waals surface area contributed by atoms with E-state index in [9.17, 15) is 0 Å². The summed E-state index contributed by atoms with van der Waals surface area (Å²) in [4.78, 5) is 0. The van der Waals surface area contributed by atoms with E-state index < -0.39 is 0 Å². The van der Waals surface area contributed by atoms with Gasteiger partial charge >= 0.3 is 0 Å². The lowest BCUT2D eigenvalue weighted by Crippen LogP contribution is -2.35. The molecule has 0 aliphatic heterocycles. The summed E-state index contributed by atoms with van der Waals surface area (Å²) in [6, 6.07) is 8.51. The van der Waals surface area contributed by atoms with Crippen LogP contribution in [0, 0.1) is 0 Å². The monoisotopic (exact) mass is 293 g/mol. The van der Waals surface area contributed by atoms with Crippen molar-refractivity contribution in [3.63, 3.8) is 0 Å². The Morgan fingerprint density at radius 1 is 1.19 bits per heavy atom. The molecule has 1 aliphatic rings. The average Bonchev–Trinajstić information content (AvgIpc) is 2.86. The van der Waals surface area contributed by atoms with Crippen molar-refractivity contribution in [1.29, 1.82) is 0 Å². The molecular formula is C13H12BrNS. The summed E-state index contributed by atoms with van der Waals surface area (Å²) in [7, 11) is 0. The van der Waals surface area contributed by atoms with E-state index in [4.69, 9.17) is 5.73 Å². The van der Waals surface area contributed by atoms with E-state index in [1.165, 1.54) is 16.7 Å². The first kappa shape index (κ1) is 10.5.